The van der Waals surface area contributed by atoms with E-state index in [1.165, 1.54) is 51.4 Å². The molecule has 1 saturated heterocycles. The predicted molar refractivity (Wildman–Crippen MR) is 66.4 cm³/mol. The van der Waals surface area contributed by atoms with Crippen LogP contribution in [-0.4, -0.2) is 18.9 Å². The highest BCUT2D eigenvalue weighted by Crippen LogP contribution is 2.28. The highest BCUT2D eigenvalue weighted by Gasteiger charge is 2.24. The highest BCUT2D eigenvalue weighted by molar-refractivity contribution is 5.81. The normalized spacial score (nSPS) is 28.6. The average molecular weight is 223 g/mol. The van der Waals surface area contributed by atoms with Crippen molar-refractivity contribution in [2.45, 2.75) is 57.8 Å². The SMILES string of the molecule is O=C(CC1CCCNCC1)C1CCCCC1. The van der Waals surface area contributed by atoms with Crippen LogP contribution in [0.3, 0.4) is 0 Å². The molecule has 0 aromatic heterocycles. The fourth-order valence-electron chi connectivity index (χ4n) is 3.17. The standard InChI is InChI=1S/C14H25NO/c16-14(13-6-2-1-3-7-13)11-12-5-4-9-15-10-8-12/h12-13,15H,1-11H2. The first-order chi connectivity index (χ1) is 7.86. The molecule has 2 aliphatic rings. The van der Waals surface area contributed by atoms with Gasteiger partial charge in [0.05, 0.1) is 0 Å². The Bertz CT molecular complexity index is 213. The zero-order chi connectivity index (χ0) is 11.2. The number of carbonyl (C=O) groups is 1. The topological polar surface area (TPSA) is 29.1 Å². The Morgan fingerprint density at radius 2 is 1.75 bits per heavy atom. The molecular formula is C14H25NO. The average Bonchev–Trinajstić information content (AvgIpc) is 2.59. The van der Waals surface area contributed by atoms with Crippen LogP contribution in [0.4, 0.5) is 0 Å². The molecule has 2 heteroatoms. The molecule has 0 radical (unpaired) electrons. The van der Waals surface area contributed by atoms with Crippen LogP contribution in [0.2, 0.25) is 0 Å². The number of nitrogens with one attached hydrogen (secondary N) is 1. The van der Waals surface area contributed by atoms with E-state index in [-0.39, 0.29) is 0 Å². The number of hydrogen-bond donors (Lipinski definition) is 1. The molecule has 0 aromatic carbocycles. The summed E-state index contributed by atoms with van der Waals surface area (Å²) in [7, 11) is 0. The van der Waals surface area contributed by atoms with E-state index in [1.54, 1.807) is 0 Å². The summed E-state index contributed by atoms with van der Waals surface area (Å²) in [5.74, 6) is 1.67. The van der Waals surface area contributed by atoms with Gasteiger partial charge in [0.1, 0.15) is 5.78 Å². The predicted octanol–water partition coefficient (Wildman–Crippen LogP) is 2.92. The summed E-state index contributed by atoms with van der Waals surface area (Å²) in [4.78, 5) is 12.2. The second-order valence-corrected chi connectivity index (χ2v) is 5.55. The minimum absolute atomic E-state index is 0.421. The number of ketones is 1. The van der Waals surface area contributed by atoms with Gasteiger partial charge in [0, 0.05) is 12.3 Å². The maximum atomic E-state index is 12.2. The molecule has 1 heterocycles. The summed E-state index contributed by atoms with van der Waals surface area (Å²) in [6, 6.07) is 0. The van der Waals surface area contributed by atoms with Crippen LogP contribution in [0.15, 0.2) is 0 Å². The van der Waals surface area contributed by atoms with Gasteiger partial charge in [-0.1, -0.05) is 19.3 Å². The van der Waals surface area contributed by atoms with Gasteiger partial charge in [-0.25, -0.2) is 0 Å². The Hall–Kier alpha value is -0.370. The third kappa shape index (κ3) is 3.58. The zero-order valence-corrected chi connectivity index (χ0v) is 10.3. The van der Waals surface area contributed by atoms with Crippen molar-refractivity contribution in [3.05, 3.63) is 0 Å². The van der Waals surface area contributed by atoms with Gasteiger partial charge < -0.3 is 5.32 Å². The first-order valence-corrected chi connectivity index (χ1v) is 7.09. The van der Waals surface area contributed by atoms with E-state index in [0.29, 0.717) is 17.6 Å². The number of Topliss-reactive ketones (excluding diaryl/α,β-unsaturated/α-hetero) is 1. The van der Waals surface area contributed by atoms with Gasteiger partial charge in [-0.2, -0.15) is 0 Å². The summed E-state index contributed by atoms with van der Waals surface area (Å²) in [5.41, 5.74) is 0. The van der Waals surface area contributed by atoms with Crippen LogP contribution < -0.4 is 5.32 Å². The summed E-state index contributed by atoms with van der Waals surface area (Å²) in [5, 5.41) is 3.42. The third-order valence-electron chi connectivity index (χ3n) is 4.25. The minimum Gasteiger partial charge on any atom is -0.317 e. The van der Waals surface area contributed by atoms with Gasteiger partial charge in [-0.05, 0) is 51.1 Å². The molecule has 1 aliphatic heterocycles. The highest BCUT2D eigenvalue weighted by atomic mass is 16.1. The molecule has 1 saturated carbocycles. The van der Waals surface area contributed by atoms with E-state index in [0.717, 1.165) is 19.5 Å². The van der Waals surface area contributed by atoms with Crippen LogP contribution in [0.5, 0.6) is 0 Å². The fourth-order valence-corrected chi connectivity index (χ4v) is 3.17. The zero-order valence-electron chi connectivity index (χ0n) is 10.3. The van der Waals surface area contributed by atoms with Crippen molar-refractivity contribution in [2.75, 3.05) is 13.1 Å². The van der Waals surface area contributed by atoms with E-state index in [9.17, 15) is 4.79 Å². The van der Waals surface area contributed by atoms with E-state index in [1.807, 2.05) is 0 Å². The number of carbonyl (C=O) groups excluding carboxylic acids is 1. The van der Waals surface area contributed by atoms with Gasteiger partial charge in [-0.15, -0.1) is 0 Å². The van der Waals surface area contributed by atoms with Gasteiger partial charge >= 0.3 is 0 Å². The molecule has 0 amide bonds. The molecule has 2 nitrogen and oxygen atoms in total. The van der Waals surface area contributed by atoms with Gasteiger partial charge in [0.2, 0.25) is 0 Å². The molecule has 16 heavy (non-hydrogen) atoms. The van der Waals surface area contributed by atoms with Crippen molar-refractivity contribution in [2.24, 2.45) is 11.8 Å². The number of hydrogen-bond acceptors (Lipinski definition) is 2. The summed E-state index contributed by atoms with van der Waals surface area (Å²) in [6.45, 7) is 2.26. The molecule has 1 unspecified atom stereocenters. The second kappa shape index (κ2) is 6.39. The Balaban J connectivity index is 1.76. The smallest absolute Gasteiger partial charge is 0.136 e. The molecule has 0 spiro atoms. The quantitative estimate of drug-likeness (QED) is 0.797. The monoisotopic (exact) mass is 223 g/mol. The fraction of sp³-hybridized carbons (Fsp3) is 0.929. The summed E-state index contributed by atoms with van der Waals surface area (Å²) >= 11 is 0. The molecule has 1 N–H and O–H groups in total. The van der Waals surface area contributed by atoms with E-state index >= 15 is 0 Å². The molecule has 92 valence electrons. The van der Waals surface area contributed by atoms with Crippen LogP contribution in [0.1, 0.15) is 57.8 Å². The van der Waals surface area contributed by atoms with Crippen molar-refractivity contribution in [3.63, 3.8) is 0 Å². The van der Waals surface area contributed by atoms with Crippen LogP contribution in [0.25, 0.3) is 0 Å². The third-order valence-corrected chi connectivity index (χ3v) is 4.25. The number of rotatable bonds is 3. The summed E-state index contributed by atoms with van der Waals surface area (Å²) in [6.07, 6.45) is 10.8. The van der Waals surface area contributed by atoms with Crippen molar-refractivity contribution in [1.82, 2.24) is 5.32 Å². The minimum atomic E-state index is 0.421. The van der Waals surface area contributed by atoms with Gasteiger partial charge in [0.15, 0.2) is 0 Å². The molecular weight excluding hydrogens is 198 g/mol. The van der Waals surface area contributed by atoms with Crippen molar-refractivity contribution in [1.29, 1.82) is 0 Å². The molecule has 2 rings (SSSR count). The second-order valence-electron chi connectivity index (χ2n) is 5.55. The van der Waals surface area contributed by atoms with Crippen molar-refractivity contribution < 1.29 is 4.79 Å². The van der Waals surface area contributed by atoms with Crippen LogP contribution >= 0.6 is 0 Å². The lowest BCUT2D eigenvalue weighted by Gasteiger charge is -2.22. The Morgan fingerprint density at radius 3 is 2.56 bits per heavy atom. The van der Waals surface area contributed by atoms with Gasteiger partial charge in [-0.3, -0.25) is 4.79 Å². The lowest BCUT2D eigenvalue weighted by Crippen LogP contribution is -2.21. The van der Waals surface area contributed by atoms with Gasteiger partial charge in [0.25, 0.3) is 0 Å². The lowest BCUT2D eigenvalue weighted by molar-refractivity contribution is -0.124. The molecule has 0 aromatic rings. The van der Waals surface area contributed by atoms with E-state index in [2.05, 4.69) is 5.32 Å². The lowest BCUT2D eigenvalue weighted by atomic mass is 9.82. The summed E-state index contributed by atoms with van der Waals surface area (Å²) < 4.78 is 0. The molecule has 2 fully saturated rings. The first kappa shape index (κ1) is 12.1. The first-order valence-electron chi connectivity index (χ1n) is 7.09. The Kier molecular flexibility index (Phi) is 4.83. The van der Waals surface area contributed by atoms with E-state index in [4.69, 9.17) is 0 Å². The Labute approximate surface area is 99.2 Å². The van der Waals surface area contributed by atoms with Crippen LogP contribution in [-0.2, 0) is 4.79 Å². The maximum Gasteiger partial charge on any atom is 0.136 e. The largest absolute Gasteiger partial charge is 0.317 e. The molecule has 0 bridgehead atoms. The van der Waals surface area contributed by atoms with Crippen molar-refractivity contribution >= 4 is 5.78 Å². The Morgan fingerprint density at radius 1 is 0.938 bits per heavy atom. The molecule has 1 aliphatic carbocycles. The van der Waals surface area contributed by atoms with E-state index < -0.39 is 0 Å². The van der Waals surface area contributed by atoms with Crippen molar-refractivity contribution in [3.8, 4) is 0 Å². The van der Waals surface area contributed by atoms with Crippen LogP contribution in [0, 0.1) is 11.8 Å². The maximum absolute atomic E-state index is 12.2. The molecule has 1 atom stereocenters.